The molecule has 5 heteroatoms. The second-order valence-corrected chi connectivity index (χ2v) is 5.55. The van der Waals surface area contributed by atoms with E-state index in [2.05, 4.69) is 10.3 Å². The number of hydrogen-bond donors (Lipinski definition) is 2. The fourth-order valence-electron chi connectivity index (χ4n) is 2.78. The number of pyridine rings is 1. The summed E-state index contributed by atoms with van der Waals surface area (Å²) < 4.78 is 1.93. The molecule has 5 nitrogen and oxygen atoms in total. The molecule has 2 aromatic rings. The molecule has 0 aromatic carbocycles. The Labute approximate surface area is 118 Å². The third kappa shape index (κ3) is 2.99. The first-order valence-electron chi connectivity index (χ1n) is 7.18. The minimum atomic E-state index is 0.0499. The van der Waals surface area contributed by atoms with Crippen molar-refractivity contribution in [2.24, 2.45) is 5.73 Å². The molecule has 0 saturated heterocycles. The van der Waals surface area contributed by atoms with Crippen LogP contribution in [0.3, 0.4) is 0 Å². The maximum Gasteiger partial charge on any atom is 0.226 e. The number of nitrogens with two attached hydrogens (primary N) is 1. The van der Waals surface area contributed by atoms with Crippen LogP contribution in [0, 0.1) is 0 Å². The quantitative estimate of drug-likeness (QED) is 0.883. The van der Waals surface area contributed by atoms with Crippen molar-refractivity contribution >= 4 is 11.6 Å². The topological polar surface area (TPSA) is 72.4 Å². The van der Waals surface area contributed by atoms with Gasteiger partial charge in [0.05, 0.1) is 12.1 Å². The number of fused-ring (bicyclic) bond motifs is 1. The first kappa shape index (κ1) is 13.1. The van der Waals surface area contributed by atoms with E-state index in [4.69, 9.17) is 5.73 Å². The predicted octanol–water partition coefficient (Wildman–Crippen LogP) is 1.26. The van der Waals surface area contributed by atoms with Gasteiger partial charge in [0.25, 0.3) is 0 Å². The molecule has 1 saturated carbocycles. The minimum Gasteiger partial charge on any atom is -0.353 e. The summed E-state index contributed by atoms with van der Waals surface area (Å²) in [5, 5.41) is 3.09. The number of aromatic nitrogens is 2. The zero-order valence-electron chi connectivity index (χ0n) is 11.5. The van der Waals surface area contributed by atoms with Crippen molar-refractivity contribution in [3.63, 3.8) is 0 Å². The summed E-state index contributed by atoms with van der Waals surface area (Å²) in [7, 11) is 0. The van der Waals surface area contributed by atoms with Gasteiger partial charge in [0.15, 0.2) is 0 Å². The Balaban J connectivity index is 1.58. The molecule has 0 atom stereocenters. The molecule has 0 radical (unpaired) electrons. The molecular formula is C15H20N4O. The van der Waals surface area contributed by atoms with Crippen LogP contribution in [0.25, 0.3) is 5.65 Å². The van der Waals surface area contributed by atoms with Crippen LogP contribution in [0.4, 0.5) is 0 Å². The van der Waals surface area contributed by atoms with Gasteiger partial charge in [0.1, 0.15) is 5.65 Å². The Bertz CT molecular complexity index is 566. The first-order valence-corrected chi connectivity index (χ1v) is 7.18. The molecule has 106 valence electrons. The van der Waals surface area contributed by atoms with Crippen LogP contribution in [-0.2, 0) is 11.2 Å². The molecule has 0 unspecified atom stereocenters. The number of imidazole rings is 1. The van der Waals surface area contributed by atoms with Gasteiger partial charge < -0.3 is 15.5 Å². The van der Waals surface area contributed by atoms with E-state index in [9.17, 15) is 4.79 Å². The molecule has 1 fully saturated rings. The molecule has 1 amide bonds. The summed E-state index contributed by atoms with van der Waals surface area (Å²) in [6.45, 7) is 0. The van der Waals surface area contributed by atoms with Crippen LogP contribution in [-0.4, -0.2) is 27.4 Å². The lowest BCUT2D eigenvalue weighted by Gasteiger charge is -2.26. The van der Waals surface area contributed by atoms with Crippen LogP contribution in [0.5, 0.6) is 0 Å². The Morgan fingerprint density at radius 2 is 2.15 bits per heavy atom. The van der Waals surface area contributed by atoms with Crippen LogP contribution in [0.15, 0.2) is 30.6 Å². The Hall–Kier alpha value is -1.88. The normalized spacial score (nSPS) is 22.9. The summed E-state index contributed by atoms with van der Waals surface area (Å²) >= 11 is 0. The standard InChI is InChI=1S/C15H20N4O/c16-11-4-6-12(7-5-11)18-15(20)9-13-10-19-8-2-1-3-14(19)17-13/h1-3,8,10-12H,4-7,9,16H2,(H,18,20). The van der Waals surface area contributed by atoms with E-state index in [0.29, 0.717) is 12.5 Å². The number of nitrogens with one attached hydrogen (secondary N) is 1. The van der Waals surface area contributed by atoms with Gasteiger partial charge in [-0.3, -0.25) is 4.79 Å². The zero-order chi connectivity index (χ0) is 13.9. The number of amides is 1. The SMILES string of the molecule is NC1CCC(NC(=O)Cc2cn3ccccc3n2)CC1. The molecule has 0 bridgehead atoms. The molecule has 20 heavy (non-hydrogen) atoms. The van der Waals surface area contributed by atoms with Gasteiger partial charge in [0.2, 0.25) is 5.91 Å². The van der Waals surface area contributed by atoms with E-state index in [1.54, 1.807) is 0 Å². The van der Waals surface area contributed by atoms with E-state index in [-0.39, 0.29) is 11.9 Å². The molecule has 1 aliphatic rings. The highest BCUT2D eigenvalue weighted by Crippen LogP contribution is 2.17. The molecule has 0 spiro atoms. The second kappa shape index (κ2) is 5.63. The van der Waals surface area contributed by atoms with Crippen molar-refractivity contribution in [3.8, 4) is 0 Å². The summed E-state index contributed by atoms with van der Waals surface area (Å²) in [6.07, 6.45) is 8.15. The fraction of sp³-hybridized carbons (Fsp3) is 0.467. The monoisotopic (exact) mass is 272 g/mol. The van der Waals surface area contributed by atoms with Gasteiger partial charge in [0, 0.05) is 24.5 Å². The van der Waals surface area contributed by atoms with E-state index in [1.165, 1.54) is 0 Å². The van der Waals surface area contributed by atoms with Gasteiger partial charge in [-0.2, -0.15) is 0 Å². The minimum absolute atomic E-state index is 0.0499. The number of carbonyl (C=O) groups is 1. The van der Waals surface area contributed by atoms with Gasteiger partial charge >= 0.3 is 0 Å². The van der Waals surface area contributed by atoms with Gasteiger partial charge in [-0.05, 0) is 37.8 Å². The van der Waals surface area contributed by atoms with E-state index in [0.717, 1.165) is 37.0 Å². The zero-order valence-corrected chi connectivity index (χ0v) is 11.5. The van der Waals surface area contributed by atoms with Gasteiger partial charge in [-0.1, -0.05) is 6.07 Å². The van der Waals surface area contributed by atoms with Crippen molar-refractivity contribution in [2.45, 2.75) is 44.2 Å². The van der Waals surface area contributed by atoms with Gasteiger partial charge in [-0.15, -0.1) is 0 Å². The van der Waals surface area contributed by atoms with Crippen LogP contribution in [0.1, 0.15) is 31.4 Å². The highest BCUT2D eigenvalue weighted by Gasteiger charge is 2.20. The van der Waals surface area contributed by atoms with Crippen LogP contribution >= 0.6 is 0 Å². The second-order valence-electron chi connectivity index (χ2n) is 5.55. The van der Waals surface area contributed by atoms with Crippen molar-refractivity contribution < 1.29 is 4.79 Å². The summed E-state index contributed by atoms with van der Waals surface area (Å²) in [4.78, 5) is 16.5. The number of hydrogen-bond acceptors (Lipinski definition) is 3. The lowest BCUT2D eigenvalue weighted by Crippen LogP contribution is -2.41. The average Bonchev–Trinajstić information content (AvgIpc) is 2.83. The first-order chi connectivity index (χ1) is 9.70. The van der Waals surface area contributed by atoms with Crippen LogP contribution in [0.2, 0.25) is 0 Å². The van der Waals surface area contributed by atoms with Crippen molar-refractivity contribution in [1.82, 2.24) is 14.7 Å². The maximum absolute atomic E-state index is 12.0. The maximum atomic E-state index is 12.0. The average molecular weight is 272 g/mol. The smallest absolute Gasteiger partial charge is 0.226 e. The lowest BCUT2D eigenvalue weighted by molar-refractivity contribution is -0.121. The molecular weight excluding hydrogens is 252 g/mol. The third-order valence-electron chi connectivity index (χ3n) is 3.89. The van der Waals surface area contributed by atoms with Crippen molar-refractivity contribution in [3.05, 3.63) is 36.3 Å². The Morgan fingerprint density at radius 1 is 1.35 bits per heavy atom. The van der Waals surface area contributed by atoms with Crippen molar-refractivity contribution in [1.29, 1.82) is 0 Å². The molecule has 3 rings (SSSR count). The van der Waals surface area contributed by atoms with E-state index >= 15 is 0 Å². The highest BCUT2D eigenvalue weighted by atomic mass is 16.1. The summed E-state index contributed by atoms with van der Waals surface area (Å²) in [5.41, 5.74) is 7.55. The largest absolute Gasteiger partial charge is 0.353 e. The van der Waals surface area contributed by atoms with Gasteiger partial charge in [-0.25, -0.2) is 4.98 Å². The van der Waals surface area contributed by atoms with Crippen molar-refractivity contribution in [2.75, 3.05) is 0 Å². The van der Waals surface area contributed by atoms with E-state index < -0.39 is 0 Å². The number of rotatable bonds is 3. The number of nitrogens with zero attached hydrogens (tertiary/aromatic N) is 2. The molecule has 0 aliphatic heterocycles. The summed E-state index contributed by atoms with van der Waals surface area (Å²) in [5.74, 6) is 0.0499. The molecule has 2 heterocycles. The molecule has 3 N–H and O–H groups in total. The highest BCUT2D eigenvalue weighted by molar-refractivity contribution is 5.78. The Kier molecular flexibility index (Phi) is 3.69. The summed E-state index contributed by atoms with van der Waals surface area (Å²) in [6, 6.07) is 6.41. The third-order valence-corrected chi connectivity index (χ3v) is 3.89. The fourth-order valence-corrected chi connectivity index (χ4v) is 2.78. The Morgan fingerprint density at radius 3 is 2.90 bits per heavy atom. The van der Waals surface area contributed by atoms with Crippen LogP contribution < -0.4 is 11.1 Å². The predicted molar refractivity (Wildman–Crippen MR) is 77.3 cm³/mol. The molecule has 1 aliphatic carbocycles. The van der Waals surface area contributed by atoms with E-state index in [1.807, 2.05) is 35.0 Å². The molecule has 2 aromatic heterocycles. The number of carbonyl (C=O) groups excluding carboxylic acids is 1. The lowest BCUT2D eigenvalue weighted by atomic mass is 9.92.